The van der Waals surface area contributed by atoms with Crippen molar-refractivity contribution in [2.45, 2.75) is 26.9 Å². The van der Waals surface area contributed by atoms with E-state index in [1.807, 2.05) is 41.6 Å². The van der Waals surface area contributed by atoms with E-state index in [4.69, 9.17) is 0 Å². The first-order valence-electron chi connectivity index (χ1n) is 8.63. The van der Waals surface area contributed by atoms with Crippen LogP contribution in [0.4, 0.5) is 5.69 Å². The predicted molar refractivity (Wildman–Crippen MR) is 110 cm³/mol. The molecule has 0 spiro atoms. The van der Waals surface area contributed by atoms with Crippen LogP contribution in [0.15, 0.2) is 34.9 Å². The summed E-state index contributed by atoms with van der Waals surface area (Å²) in [4.78, 5) is 15.1. The lowest BCUT2D eigenvalue weighted by molar-refractivity contribution is 0.101. The van der Waals surface area contributed by atoms with Crippen molar-refractivity contribution in [1.29, 1.82) is 0 Å². The molecule has 134 valence electrons. The SMILES string of the molecule is CCn1cc(Br)cc1C(=O)Nc1ccc(CN2CCSCC2)cc1C. The van der Waals surface area contributed by atoms with Crippen LogP contribution in [0.25, 0.3) is 0 Å². The van der Waals surface area contributed by atoms with Crippen LogP contribution in [0.3, 0.4) is 0 Å². The highest BCUT2D eigenvalue weighted by molar-refractivity contribution is 9.10. The number of carbonyl (C=O) groups is 1. The van der Waals surface area contributed by atoms with E-state index >= 15 is 0 Å². The van der Waals surface area contributed by atoms with Gasteiger partial charge in [0, 0.05) is 54.0 Å². The molecule has 1 aliphatic heterocycles. The molecule has 1 aromatic carbocycles. The Hall–Kier alpha value is -1.24. The molecule has 0 radical (unpaired) electrons. The van der Waals surface area contributed by atoms with Gasteiger partial charge in [-0.05, 0) is 53.0 Å². The van der Waals surface area contributed by atoms with Gasteiger partial charge in [0.1, 0.15) is 5.69 Å². The Morgan fingerprint density at radius 3 is 2.72 bits per heavy atom. The van der Waals surface area contributed by atoms with Crippen molar-refractivity contribution < 1.29 is 4.79 Å². The number of thioether (sulfide) groups is 1. The van der Waals surface area contributed by atoms with E-state index in [1.54, 1.807) is 0 Å². The van der Waals surface area contributed by atoms with Crippen molar-refractivity contribution in [2.75, 3.05) is 29.9 Å². The van der Waals surface area contributed by atoms with Gasteiger partial charge in [-0.2, -0.15) is 11.8 Å². The fourth-order valence-corrected chi connectivity index (χ4v) is 4.54. The maximum atomic E-state index is 12.6. The molecule has 2 heterocycles. The molecular formula is C19H24BrN3OS. The van der Waals surface area contributed by atoms with Gasteiger partial charge < -0.3 is 9.88 Å². The minimum absolute atomic E-state index is 0.0727. The highest BCUT2D eigenvalue weighted by Crippen LogP contribution is 2.21. The van der Waals surface area contributed by atoms with Crippen molar-refractivity contribution in [2.24, 2.45) is 0 Å². The zero-order valence-electron chi connectivity index (χ0n) is 14.7. The van der Waals surface area contributed by atoms with Crippen LogP contribution in [-0.4, -0.2) is 40.0 Å². The van der Waals surface area contributed by atoms with E-state index in [0.29, 0.717) is 5.69 Å². The number of aromatic nitrogens is 1. The van der Waals surface area contributed by atoms with E-state index in [9.17, 15) is 4.79 Å². The van der Waals surface area contributed by atoms with E-state index in [1.165, 1.54) is 17.1 Å². The van der Waals surface area contributed by atoms with Gasteiger partial charge in [-0.3, -0.25) is 9.69 Å². The topological polar surface area (TPSA) is 37.3 Å². The number of hydrogen-bond donors (Lipinski definition) is 1. The van der Waals surface area contributed by atoms with Crippen LogP contribution in [0.5, 0.6) is 0 Å². The first kappa shape index (κ1) is 18.5. The number of amides is 1. The second kappa shape index (κ2) is 8.43. The average molecular weight is 422 g/mol. The zero-order valence-corrected chi connectivity index (χ0v) is 17.1. The monoisotopic (exact) mass is 421 g/mol. The third kappa shape index (κ3) is 4.68. The fraction of sp³-hybridized carbons (Fsp3) is 0.421. The van der Waals surface area contributed by atoms with Gasteiger partial charge in [0.2, 0.25) is 0 Å². The van der Waals surface area contributed by atoms with Crippen LogP contribution in [0.2, 0.25) is 0 Å². The third-order valence-corrected chi connectivity index (χ3v) is 5.86. The molecular weight excluding hydrogens is 398 g/mol. The number of hydrogen-bond acceptors (Lipinski definition) is 3. The van der Waals surface area contributed by atoms with Gasteiger partial charge in [-0.25, -0.2) is 0 Å². The summed E-state index contributed by atoms with van der Waals surface area (Å²) >= 11 is 5.47. The minimum atomic E-state index is -0.0727. The molecule has 0 atom stereocenters. The Morgan fingerprint density at radius 1 is 1.28 bits per heavy atom. The van der Waals surface area contributed by atoms with Gasteiger partial charge in [0.15, 0.2) is 0 Å². The molecule has 3 rings (SSSR count). The highest BCUT2D eigenvalue weighted by Gasteiger charge is 2.15. The van der Waals surface area contributed by atoms with Gasteiger partial charge in [-0.1, -0.05) is 12.1 Å². The van der Waals surface area contributed by atoms with Crippen LogP contribution < -0.4 is 5.32 Å². The van der Waals surface area contributed by atoms with E-state index in [2.05, 4.69) is 45.2 Å². The van der Waals surface area contributed by atoms with Crippen LogP contribution in [-0.2, 0) is 13.1 Å². The quantitative estimate of drug-likeness (QED) is 0.777. The maximum absolute atomic E-state index is 12.6. The van der Waals surface area contributed by atoms with E-state index in [0.717, 1.165) is 41.9 Å². The summed E-state index contributed by atoms with van der Waals surface area (Å²) in [5, 5.41) is 3.05. The van der Waals surface area contributed by atoms with Gasteiger partial charge in [0.25, 0.3) is 5.91 Å². The zero-order chi connectivity index (χ0) is 17.8. The molecule has 1 saturated heterocycles. The first-order valence-corrected chi connectivity index (χ1v) is 10.6. The van der Waals surface area contributed by atoms with Gasteiger partial charge in [-0.15, -0.1) is 0 Å². The third-order valence-electron chi connectivity index (χ3n) is 4.49. The van der Waals surface area contributed by atoms with Crippen molar-refractivity contribution in [3.8, 4) is 0 Å². The average Bonchev–Trinajstić information content (AvgIpc) is 2.99. The number of nitrogens with one attached hydrogen (secondary N) is 1. The Morgan fingerprint density at radius 2 is 2.04 bits per heavy atom. The van der Waals surface area contributed by atoms with Crippen molar-refractivity contribution in [3.05, 3.63) is 51.8 Å². The lowest BCUT2D eigenvalue weighted by Crippen LogP contribution is -2.31. The molecule has 25 heavy (non-hydrogen) atoms. The molecule has 1 fully saturated rings. The predicted octanol–water partition coefficient (Wildman–Crippen LogP) is 4.38. The van der Waals surface area contributed by atoms with Crippen molar-refractivity contribution in [3.63, 3.8) is 0 Å². The molecule has 1 aliphatic rings. The van der Waals surface area contributed by atoms with Gasteiger partial charge >= 0.3 is 0 Å². The molecule has 4 nitrogen and oxygen atoms in total. The summed E-state index contributed by atoms with van der Waals surface area (Å²) in [6.07, 6.45) is 1.93. The molecule has 0 bridgehead atoms. The van der Waals surface area contributed by atoms with Crippen molar-refractivity contribution >= 4 is 39.3 Å². The molecule has 0 aliphatic carbocycles. The number of nitrogens with zero attached hydrogens (tertiary/aromatic N) is 2. The van der Waals surface area contributed by atoms with E-state index < -0.39 is 0 Å². The van der Waals surface area contributed by atoms with Crippen LogP contribution in [0, 0.1) is 6.92 Å². The lowest BCUT2D eigenvalue weighted by atomic mass is 10.1. The summed E-state index contributed by atoms with van der Waals surface area (Å²) < 4.78 is 2.86. The summed E-state index contributed by atoms with van der Waals surface area (Å²) in [5.41, 5.74) is 3.96. The molecule has 1 amide bonds. The number of anilines is 1. The second-order valence-electron chi connectivity index (χ2n) is 6.32. The molecule has 6 heteroatoms. The summed E-state index contributed by atoms with van der Waals surface area (Å²) in [6, 6.07) is 8.19. The Labute approximate surface area is 162 Å². The van der Waals surface area contributed by atoms with Crippen LogP contribution in [0.1, 0.15) is 28.5 Å². The smallest absolute Gasteiger partial charge is 0.272 e. The highest BCUT2D eigenvalue weighted by atomic mass is 79.9. The lowest BCUT2D eigenvalue weighted by Gasteiger charge is -2.26. The standard InChI is InChI=1S/C19H24BrN3OS/c1-3-23-13-16(20)11-18(23)19(24)21-17-5-4-15(10-14(17)2)12-22-6-8-25-9-7-22/h4-5,10-11,13H,3,6-9,12H2,1-2H3,(H,21,24). The normalized spacial score (nSPS) is 15.3. The summed E-state index contributed by atoms with van der Waals surface area (Å²) in [6.45, 7) is 8.15. The maximum Gasteiger partial charge on any atom is 0.272 e. The number of rotatable bonds is 5. The Bertz CT molecular complexity index is 753. The number of halogens is 1. The minimum Gasteiger partial charge on any atom is -0.343 e. The molecule has 1 aromatic heterocycles. The second-order valence-corrected chi connectivity index (χ2v) is 8.46. The summed E-state index contributed by atoms with van der Waals surface area (Å²) in [7, 11) is 0. The van der Waals surface area contributed by atoms with Crippen LogP contribution >= 0.6 is 27.7 Å². The Balaban J connectivity index is 1.69. The molecule has 2 aromatic rings. The van der Waals surface area contributed by atoms with Crippen molar-refractivity contribution in [1.82, 2.24) is 9.47 Å². The van der Waals surface area contributed by atoms with Gasteiger partial charge in [0.05, 0.1) is 0 Å². The molecule has 0 unspecified atom stereocenters. The molecule has 0 saturated carbocycles. The van der Waals surface area contributed by atoms with E-state index in [-0.39, 0.29) is 5.91 Å². The number of aryl methyl sites for hydroxylation is 2. The molecule has 1 N–H and O–H groups in total. The Kier molecular flexibility index (Phi) is 6.25. The largest absolute Gasteiger partial charge is 0.343 e. The first-order chi connectivity index (χ1) is 12.1. The summed E-state index contributed by atoms with van der Waals surface area (Å²) in [5.74, 6) is 2.37. The number of carbonyl (C=O) groups excluding carboxylic acids is 1. The fourth-order valence-electron chi connectivity index (χ4n) is 3.10. The number of benzene rings is 1.